The summed E-state index contributed by atoms with van der Waals surface area (Å²) >= 11 is 0. The molecule has 0 aliphatic carbocycles. The van der Waals surface area contributed by atoms with E-state index in [1.54, 1.807) is 7.11 Å². The molecule has 1 aromatic rings. The van der Waals surface area contributed by atoms with E-state index >= 15 is 0 Å². The molecule has 0 radical (unpaired) electrons. The lowest BCUT2D eigenvalue weighted by atomic mass is 10.0. The Balaban J connectivity index is 3.03. The second-order valence-corrected chi connectivity index (χ2v) is 2.88. The van der Waals surface area contributed by atoms with Crippen molar-refractivity contribution in [3.05, 3.63) is 35.4 Å². The zero-order valence-electron chi connectivity index (χ0n) is 7.99. The van der Waals surface area contributed by atoms with E-state index in [0.717, 1.165) is 23.8 Å². The Labute approximate surface area is 78.5 Å². The van der Waals surface area contributed by atoms with Crippen LogP contribution in [0.2, 0.25) is 0 Å². The molecule has 13 heavy (non-hydrogen) atoms. The Morgan fingerprint density at radius 1 is 1.46 bits per heavy atom. The van der Waals surface area contributed by atoms with Crippen molar-refractivity contribution >= 4 is 6.29 Å². The maximum absolute atomic E-state index is 10.7. The maximum atomic E-state index is 10.7. The van der Waals surface area contributed by atoms with Gasteiger partial charge < -0.3 is 4.74 Å². The van der Waals surface area contributed by atoms with Crippen molar-refractivity contribution < 1.29 is 9.53 Å². The summed E-state index contributed by atoms with van der Waals surface area (Å²) in [5.41, 5.74) is 1.69. The smallest absolute Gasteiger partial charge is 0.150 e. The van der Waals surface area contributed by atoms with Gasteiger partial charge in [0.2, 0.25) is 0 Å². The number of hydrogen-bond donors (Lipinski definition) is 0. The molecule has 1 aromatic carbocycles. The predicted molar refractivity (Wildman–Crippen MR) is 51.9 cm³/mol. The van der Waals surface area contributed by atoms with Gasteiger partial charge in [-0.15, -0.1) is 0 Å². The topological polar surface area (TPSA) is 26.3 Å². The Bertz CT molecular complexity index is 277. The first kappa shape index (κ1) is 9.93. The molecule has 70 valence electrons. The third kappa shape index (κ3) is 2.16. The summed E-state index contributed by atoms with van der Waals surface area (Å²) in [5, 5.41) is 0. The molecule has 0 aliphatic rings. The van der Waals surface area contributed by atoms with E-state index in [1.165, 1.54) is 0 Å². The third-order valence-electron chi connectivity index (χ3n) is 2.13. The van der Waals surface area contributed by atoms with Crippen molar-refractivity contribution in [3.8, 4) is 0 Å². The highest BCUT2D eigenvalue weighted by atomic mass is 16.5. The Kier molecular flexibility index (Phi) is 3.65. The summed E-state index contributed by atoms with van der Waals surface area (Å²) in [6.07, 6.45) is 1.78. The molecule has 0 bridgehead atoms. The lowest BCUT2D eigenvalue weighted by Crippen LogP contribution is -2.03. The van der Waals surface area contributed by atoms with Crippen molar-refractivity contribution in [2.24, 2.45) is 0 Å². The summed E-state index contributed by atoms with van der Waals surface area (Å²) in [6, 6.07) is 7.52. The van der Waals surface area contributed by atoms with Crippen molar-refractivity contribution in [2.45, 2.75) is 19.4 Å². The SMILES string of the molecule is CCC(OC)c1ccccc1C=O. The monoisotopic (exact) mass is 178 g/mol. The van der Waals surface area contributed by atoms with Crippen LogP contribution in [0.5, 0.6) is 0 Å². The lowest BCUT2D eigenvalue weighted by molar-refractivity contribution is 0.0972. The molecule has 0 aliphatic heterocycles. The predicted octanol–water partition coefficient (Wildman–Crippen LogP) is 2.60. The van der Waals surface area contributed by atoms with Crippen LogP contribution < -0.4 is 0 Å². The van der Waals surface area contributed by atoms with Gasteiger partial charge >= 0.3 is 0 Å². The number of ether oxygens (including phenoxy) is 1. The number of rotatable bonds is 4. The fourth-order valence-electron chi connectivity index (χ4n) is 1.42. The summed E-state index contributed by atoms with van der Waals surface area (Å²) in [7, 11) is 1.66. The molecule has 0 aromatic heterocycles. The molecule has 2 heteroatoms. The van der Waals surface area contributed by atoms with E-state index in [4.69, 9.17) is 4.74 Å². The highest BCUT2D eigenvalue weighted by Gasteiger charge is 2.10. The zero-order chi connectivity index (χ0) is 9.68. The molecule has 1 atom stereocenters. The van der Waals surface area contributed by atoms with E-state index in [2.05, 4.69) is 0 Å². The number of benzene rings is 1. The number of carbonyl (C=O) groups is 1. The molecule has 0 N–H and O–H groups in total. The van der Waals surface area contributed by atoms with Crippen LogP contribution in [0.1, 0.15) is 35.4 Å². The van der Waals surface area contributed by atoms with E-state index in [-0.39, 0.29) is 6.10 Å². The van der Waals surface area contributed by atoms with Crippen molar-refractivity contribution in [1.29, 1.82) is 0 Å². The van der Waals surface area contributed by atoms with Gasteiger partial charge in [-0.3, -0.25) is 4.79 Å². The van der Waals surface area contributed by atoms with Gasteiger partial charge in [-0.2, -0.15) is 0 Å². The molecule has 0 saturated carbocycles. The first-order valence-corrected chi connectivity index (χ1v) is 4.40. The normalized spacial score (nSPS) is 12.5. The summed E-state index contributed by atoms with van der Waals surface area (Å²) in [6.45, 7) is 2.04. The van der Waals surface area contributed by atoms with Crippen LogP contribution in [0.3, 0.4) is 0 Å². The maximum Gasteiger partial charge on any atom is 0.150 e. The fourth-order valence-corrected chi connectivity index (χ4v) is 1.42. The summed E-state index contributed by atoms with van der Waals surface area (Å²) in [5.74, 6) is 0. The van der Waals surface area contributed by atoms with Gasteiger partial charge in [0.05, 0.1) is 6.10 Å². The second kappa shape index (κ2) is 4.77. The Morgan fingerprint density at radius 3 is 2.69 bits per heavy atom. The largest absolute Gasteiger partial charge is 0.377 e. The van der Waals surface area contributed by atoms with Crippen LogP contribution in [-0.4, -0.2) is 13.4 Å². The second-order valence-electron chi connectivity index (χ2n) is 2.88. The van der Waals surface area contributed by atoms with Crippen molar-refractivity contribution in [1.82, 2.24) is 0 Å². The van der Waals surface area contributed by atoms with Crippen molar-refractivity contribution in [2.75, 3.05) is 7.11 Å². The van der Waals surface area contributed by atoms with Crippen LogP contribution >= 0.6 is 0 Å². The summed E-state index contributed by atoms with van der Waals surface area (Å²) in [4.78, 5) is 10.7. The van der Waals surface area contributed by atoms with Crippen LogP contribution in [0, 0.1) is 0 Å². The van der Waals surface area contributed by atoms with Crippen molar-refractivity contribution in [3.63, 3.8) is 0 Å². The molecule has 1 unspecified atom stereocenters. The number of carbonyl (C=O) groups excluding carboxylic acids is 1. The third-order valence-corrected chi connectivity index (χ3v) is 2.13. The van der Waals surface area contributed by atoms with E-state index in [9.17, 15) is 4.79 Å². The molecule has 0 spiro atoms. The van der Waals surface area contributed by atoms with Gasteiger partial charge in [-0.1, -0.05) is 31.2 Å². The van der Waals surface area contributed by atoms with Crippen LogP contribution in [0.15, 0.2) is 24.3 Å². The molecule has 0 saturated heterocycles. The highest BCUT2D eigenvalue weighted by Crippen LogP contribution is 2.22. The van der Waals surface area contributed by atoms with E-state index in [1.807, 2.05) is 31.2 Å². The van der Waals surface area contributed by atoms with Gasteiger partial charge in [0.15, 0.2) is 0 Å². The average molecular weight is 178 g/mol. The Morgan fingerprint density at radius 2 is 2.15 bits per heavy atom. The fraction of sp³-hybridized carbons (Fsp3) is 0.364. The first-order valence-electron chi connectivity index (χ1n) is 4.40. The minimum Gasteiger partial charge on any atom is -0.377 e. The minimum absolute atomic E-state index is 0.0291. The average Bonchev–Trinajstić information content (AvgIpc) is 2.20. The van der Waals surface area contributed by atoms with Crippen LogP contribution in [-0.2, 0) is 4.74 Å². The van der Waals surface area contributed by atoms with Crippen LogP contribution in [0.25, 0.3) is 0 Å². The standard InChI is InChI=1S/C11H14O2/c1-3-11(13-2)10-7-5-4-6-9(10)8-12/h4-8,11H,3H2,1-2H3. The number of hydrogen-bond acceptors (Lipinski definition) is 2. The van der Waals surface area contributed by atoms with Gasteiger partial charge in [0, 0.05) is 12.7 Å². The van der Waals surface area contributed by atoms with Gasteiger partial charge in [0.25, 0.3) is 0 Å². The highest BCUT2D eigenvalue weighted by molar-refractivity contribution is 5.77. The quantitative estimate of drug-likeness (QED) is 0.662. The van der Waals surface area contributed by atoms with Gasteiger partial charge in [0.1, 0.15) is 6.29 Å². The molecule has 2 nitrogen and oxygen atoms in total. The molecule has 0 amide bonds. The molecular weight excluding hydrogens is 164 g/mol. The Hall–Kier alpha value is -1.15. The van der Waals surface area contributed by atoms with E-state index < -0.39 is 0 Å². The number of aldehydes is 1. The molecule has 0 heterocycles. The van der Waals surface area contributed by atoms with Gasteiger partial charge in [-0.25, -0.2) is 0 Å². The molecule has 0 fully saturated rings. The summed E-state index contributed by atoms with van der Waals surface area (Å²) < 4.78 is 5.27. The zero-order valence-corrected chi connectivity index (χ0v) is 7.99. The number of methoxy groups -OCH3 is 1. The van der Waals surface area contributed by atoms with Crippen LogP contribution in [0.4, 0.5) is 0 Å². The first-order chi connectivity index (χ1) is 6.33. The molecule has 1 rings (SSSR count). The van der Waals surface area contributed by atoms with E-state index in [0.29, 0.717) is 0 Å². The minimum atomic E-state index is 0.0291. The van der Waals surface area contributed by atoms with Gasteiger partial charge in [-0.05, 0) is 12.0 Å². The lowest BCUT2D eigenvalue weighted by Gasteiger charge is -2.14. The molecular formula is C11H14O2.